The van der Waals surface area contributed by atoms with Gasteiger partial charge in [0.25, 0.3) is 0 Å². The third-order valence-corrected chi connectivity index (χ3v) is 3.60. The molecule has 1 unspecified atom stereocenters. The molecule has 0 heterocycles. The lowest BCUT2D eigenvalue weighted by molar-refractivity contribution is -0.117. The number of aliphatic hydroxyl groups is 1. The summed E-state index contributed by atoms with van der Waals surface area (Å²) in [6, 6.07) is 7.67. The fraction of sp³-hybridized carbons (Fsp3) is 0.438. The maximum atomic E-state index is 11.7. The van der Waals surface area contributed by atoms with Gasteiger partial charge in [0.15, 0.2) is 0 Å². The Balaban J connectivity index is 1.86. The van der Waals surface area contributed by atoms with Crippen molar-refractivity contribution in [3.8, 4) is 0 Å². The van der Waals surface area contributed by atoms with Crippen LogP contribution in [0.4, 0.5) is 0 Å². The normalized spacial score (nSPS) is 17.1. The van der Waals surface area contributed by atoms with Crippen molar-refractivity contribution in [3.63, 3.8) is 0 Å². The molecule has 0 aliphatic heterocycles. The molecule has 2 N–H and O–H groups in total. The molecule has 0 aromatic heterocycles. The van der Waals surface area contributed by atoms with Crippen LogP contribution < -0.4 is 5.32 Å². The summed E-state index contributed by atoms with van der Waals surface area (Å²) in [7, 11) is 0. The van der Waals surface area contributed by atoms with Crippen molar-refractivity contribution in [3.05, 3.63) is 47.0 Å². The molecule has 1 aromatic carbocycles. The molecule has 1 atom stereocenters. The summed E-state index contributed by atoms with van der Waals surface area (Å²) in [5.74, 6) is 0.490. The number of aliphatic hydroxyl groups excluding tert-OH is 1. The second-order valence-corrected chi connectivity index (χ2v) is 5.28. The maximum Gasteiger partial charge on any atom is 0.244 e. The van der Waals surface area contributed by atoms with E-state index in [0.717, 1.165) is 16.7 Å². The SMILES string of the molecule is C/C(=C/C(=O)NCC(O)c1ccccc1C)C1CC1. The molecule has 1 aliphatic carbocycles. The minimum Gasteiger partial charge on any atom is -0.387 e. The van der Waals surface area contributed by atoms with Gasteiger partial charge >= 0.3 is 0 Å². The quantitative estimate of drug-likeness (QED) is 0.798. The molecule has 0 bridgehead atoms. The van der Waals surface area contributed by atoms with Gasteiger partial charge in [0, 0.05) is 12.6 Å². The average Bonchev–Trinajstić information content (AvgIpc) is 3.20. The van der Waals surface area contributed by atoms with Crippen LogP contribution in [0.2, 0.25) is 0 Å². The first-order valence-electron chi connectivity index (χ1n) is 6.77. The van der Waals surface area contributed by atoms with E-state index >= 15 is 0 Å². The van der Waals surface area contributed by atoms with Gasteiger partial charge in [-0.2, -0.15) is 0 Å². The molecule has 3 nitrogen and oxygen atoms in total. The minimum atomic E-state index is -0.653. The zero-order chi connectivity index (χ0) is 13.8. The Bertz CT molecular complexity index is 489. The molecule has 1 fully saturated rings. The molecule has 3 heteroatoms. The van der Waals surface area contributed by atoms with Gasteiger partial charge in [-0.05, 0) is 43.7 Å². The summed E-state index contributed by atoms with van der Waals surface area (Å²) in [4.78, 5) is 11.7. The highest BCUT2D eigenvalue weighted by molar-refractivity contribution is 5.88. The summed E-state index contributed by atoms with van der Waals surface area (Å²) >= 11 is 0. The van der Waals surface area contributed by atoms with Crippen LogP contribution in [-0.2, 0) is 4.79 Å². The first-order chi connectivity index (χ1) is 9.08. The summed E-state index contributed by atoms with van der Waals surface area (Å²) in [5, 5.41) is 12.8. The van der Waals surface area contributed by atoms with E-state index in [1.54, 1.807) is 6.08 Å². The van der Waals surface area contributed by atoms with Crippen LogP contribution in [0.15, 0.2) is 35.9 Å². The van der Waals surface area contributed by atoms with Crippen LogP contribution in [0.1, 0.15) is 37.0 Å². The van der Waals surface area contributed by atoms with E-state index in [2.05, 4.69) is 5.32 Å². The van der Waals surface area contributed by atoms with Gasteiger partial charge in [-0.3, -0.25) is 4.79 Å². The molecule has 0 spiro atoms. The zero-order valence-corrected chi connectivity index (χ0v) is 11.5. The molecule has 1 aromatic rings. The van der Waals surface area contributed by atoms with E-state index in [-0.39, 0.29) is 12.5 Å². The number of hydrogen-bond acceptors (Lipinski definition) is 2. The molecular formula is C16H21NO2. The molecule has 102 valence electrons. The first-order valence-corrected chi connectivity index (χ1v) is 6.77. The summed E-state index contributed by atoms with van der Waals surface area (Å²) in [6.45, 7) is 4.20. The van der Waals surface area contributed by atoms with Crippen molar-refractivity contribution in [1.82, 2.24) is 5.32 Å². The van der Waals surface area contributed by atoms with E-state index in [4.69, 9.17) is 0 Å². The van der Waals surface area contributed by atoms with Gasteiger partial charge in [0.2, 0.25) is 5.91 Å². The highest BCUT2D eigenvalue weighted by Crippen LogP contribution is 2.35. The maximum absolute atomic E-state index is 11.7. The van der Waals surface area contributed by atoms with Gasteiger partial charge in [-0.25, -0.2) is 0 Å². The summed E-state index contributed by atoms with van der Waals surface area (Å²) in [5.41, 5.74) is 3.04. The standard InChI is InChI=1S/C16H21NO2/c1-11-5-3-4-6-14(11)15(18)10-17-16(19)9-12(2)13-7-8-13/h3-6,9,13,15,18H,7-8,10H2,1-2H3,(H,17,19)/b12-9-. The predicted octanol–water partition coefficient (Wildman–Crippen LogP) is 2.50. The van der Waals surface area contributed by atoms with Gasteiger partial charge in [-0.15, -0.1) is 0 Å². The van der Waals surface area contributed by atoms with Crippen molar-refractivity contribution < 1.29 is 9.90 Å². The number of carbonyl (C=O) groups is 1. The third kappa shape index (κ3) is 3.93. The van der Waals surface area contributed by atoms with E-state index in [1.165, 1.54) is 12.8 Å². The number of aryl methyl sites for hydroxylation is 1. The Hall–Kier alpha value is -1.61. The van der Waals surface area contributed by atoms with Crippen molar-refractivity contribution in [2.75, 3.05) is 6.54 Å². The lowest BCUT2D eigenvalue weighted by atomic mass is 10.0. The van der Waals surface area contributed by atoms with Gasteiger partial charge in [0.1, 0.15) is 0 Å². The lowest BCUT2D eigenvalue weighted by Crippen LogP contribution is -2.27. The fourth-order valence-corrected chi connectivity index (χ4v) is 2.18. The Kier molecular flexibility index (Phi) is 4.38. The topological polar surface area (TPSA) is 49.3 Å². The minimum absolute atomic E-state index is 0.114. The van der Waals surface area contributed by atoms with Crippen LogP contribution in [0.3, 0.4) is 0 Å². The Labute approximate surface area is 114 Å². The number of rotatable bonds is 5. The monoisotopic (exact) mass is 259 g/mol. The van der Waals surface area contributed by atoms with Crippen LogP contribution in [0.5, 0.6) is 0 Å². The van der Waals surface area contributed by atoms with Gasteiger partial charge in [-0.1, -0.05) is 29.8 Å². The lowest BCUT2D eigenvalue weighted by Gasteiger charge is -2.14. The number of carbonyl (C=O) groups excluding carboxylic acids is 1. The van der Waals surface area contributed by atoms with Crippen molar-refractivity contribution in [2.24, 2.45) is 5.92 Å². The second-order valence-electron chi connectivity index (χ2n) is 5.28. The molecule has 1 aliphatic rings. The summed E-state index contributed by atoms with van der Waals surface area (Å²) in [6.07, 6.45) is 3.39. The smallest absolute Gasteiger partial charge is 0.244 e. The largest absolute Gasteiger partial charge is 0.387 e. The number of hydrogen-bond donors (Lipinski definition) is 2. The van der Waals surface area contributed by atoms with Crippen LogP contribution in [0, 0.1) is 12.8 Å². The second kappa shape index (κ2) is 6.02. The van der Waals surface area contributed by atoms with Crippen molar-refractivity contribution in [2.45, 2.75) is 32.8 Å². The molecule has 2 rings (SSSR count). The number of nitrogens with one attached hydrogen (secondary N) is 1. The van der Waals surface area contributed by atoms with Crippen molar-refractivity contribution >= 4 is 5.91 Å². The first kappa shape index (κ1) is 13.8. The highest BCUT2D eigenvalue weighted by Gasteiger charge is 2.23. The zero-order valence-electron chi connectivity index (χ0n) is 11.5. The average molecular weight is 259 g/mol. The van der Waals surface area contributed by atoms with E-state index < -0.39 is 6.10 Å². The van der Waals surface area contributed by atoms with Gasteiger partial charge in [0.05, 0.1) is 6.10 Å². The number of allylic oxidation sites excluding steroid dienone is 1. The third-order valence-electron chi connectivity index (χ3n) is 3.60. The Morgan fingerprint density at radius 2 is 2.16 bits per heavy atom. The van der Waals surface area contributed by atoms with E-state index in [0.29, 0.717) is 5.92 Å². The van der Waals surface area contributed by atoms with Crippen LogP contribution in [-0.4, -0.2) is 17.6 Å². The van der Waals surface area contributed by atoms with E-state index in [9.17, 15) is 9.90 Å². The molecular weight excluding hydrogens is 238 g/mol. The molecule has 19 heavy (non-hydrogen) atoms. The predicted molar refractivity (Wildman–Crippen MR) is 75.6 cm³/mol. The summed E-state index contributed by atoms with van der Waals surface area (Å²) < 4.78 is 0. The molecule has 0 saturated heterocycles. The van der Waals surface area contributed by atoms with Crippen LogP contribution in [0.25, 0.3) is 0 Å². The number of benzene rings is 1. The van der Waals surface area contributed by atoms with Gasteiger partial charge < -0.3 is 10.4 Å². The number of amides is 1. The highest BCUT2D eigenvalue weighted by atomic mass is 16.3. The van der Waals surface area contributed by atoms with E-state index in [1.807, 2.05) is 38.1 Å². The Morgan fingerprint density at radius 1 is 1.47 bits per heavy atom. The fourth-order valence-electron chi connectivity index (χ4n) is 2.18. The molecule has 0 radical (unpaired) electrons. The van der Waals surface area contributed by atoms with Crippen LogP contribution >= 0.6 is 0 Å². The van der Waals surface area contributed by atoms with Crippen molar-refractivity contribution in [1.29, 1.82) is 0 Å². The molecule has 1 saturated carbocycles. The Morgan fingerprint density at radius 3 is 2.79 bits per heavy atom. The molecule has 1 amide bonds.